The predicted octanol–water partition coefficient (Wildman–Crippen LogP) is 8.06. The van der Waals surface area contributed by atoms with Crippen LogP contribution in [-0.4, -0.2) is 42.5 Å². The summed E-state index contributed by atoms with van der Waals surface area (Å²) in [5.41, 5.74) is 2.00. The van der Waals surface area contributed by atoms with Crippen molar-refractivity contribution in [2.75, 3.05) is 0 Å². The second kappa shape index (κ2) is 13.1. The summed E-state index contributed by atoms with van der Waals surface area (Å²) in [6, 6.07) is 9.84. The summed E-state index contributed by atoms with van der Waals surface area (Å²) < 4.78 is 36.4. The summed E-state index contributed by atoms with van der Waals surface area (Å²) in [5.74, 6) is 2.22. The Kier molecular flexibility index (Phi) is 12.1. The molecule has 0 fully saturated rings. The van der Waals surface area contributed by atoms with Crippen LogP contribution in [0.5, 0.6) is 0 Å². The van der Waals surface area contributed by atoms with Gasteiger partial charge in [0.25, 0.3) is 10.1 Å². The van der Waals surface area contributed by atoms with Crippen molar-refractivity contribution in [3.63, 3.8) is 0 Å². The van der Waals surface area contributed by atoms with Gasteiger partial charge in [-0.05, 0) is 77.7 Å². The van der Waals surface area contributed by atoms with Gasteiger partial charge in [0.15, 0.2) is 0 Å². The van der Waals surface area contributed by atoms with E-state index >= 15 is 0 Å². The van der Waals surface area contributed by atoms with Crippen molar-refractivity contribution in [1.29, 1.82) is 0 Å². The minimum Gasteiger partial charge on any atom is -0.282 e. The fraction of sp³-hybridized carbons (Fsp3) is 0.643. The third kappa shape index (κ3) is 8.65. The number of rotatable bonds is 11. The van der Waals surface area contributed by atoms with Crippen molar-refractivity contribution in [2.24, 2.45) is 23.7 Å². The molecule has 2 aromatic rings. The van der Waals surface area contributed by atoms with Crippen LogP contribution in [0.3, 0.4) is 0 Å². The van der Waals surface area contributed by atoms with Gasteiger partial charge < -0.3 is 0 Å². The molecule has 0 saturated carbocycles. The van der Waals surface area contributed by atoms with Gasteiger partial charge in [0.1, 0.15) is 4.90 Å². The third-order valence-corrected chi connectivity index (χ3v) is 7.16. The van der Waals surface area contributed by atoms with E-state index in [1.54, 1.807) is 0 Å². The largest absolute Gasteiger partial charge is 0.295 e. The molecule has 0 aliphatic carbocycles. The number of hydrogen-bond acceptors (Lipinski definition) is 2. The van der Waals surface area contributed by atoms with Crippen LogP contribution in [-0.2, 0) is 10.1 Å². The Hall–Kier alpha value is -0.390. The smallest absolute Gasteiger partial charge is 0.282 e. The Morgan fingerprint density at radius 2 is 1.15 bits per heavy atom. The summed E-state index contributed by atoms with van der Waals surface area (Å²) in [5, 5.41) is 1.53. The van der Waals surface area contributed by atoms with Gasteiger partial charge in [-0.1, -0.05) is 85.7 Å². The van der Waals surface area contributed by atoms with E-state index in [0.717, 1.165) is 42.2 Å². The van der Waals surface area contributed by atoms with Crippen molar-refractivity contribution >= 4 is 50.4 Å². The average Bonchev–Trinajstić information content (AvgIpc) is 2.63. The fourth-order valence-corrected chi connectivity index (χ4v) is 6.37. The van der Waals surface area contributed by atoms with Crippen LogP contribution in [0.15, 0.2) is 35.2 Å². The molecule has 0 aliphatic heterocycles. The molecule has 0 amide bonds. The summed E-state index contributed by atoms with van der Waals surface area (Å²) >= 11 is 0. The zero-order valence-corrected chi connectivity index (χ0v) is 25.2. The molecule has 2 aromatic carbocycles. The van der Waals surface area contributed by atoms with Crippen LogP contribution in [0, 0.1) is 23.7 Å². The molecule has 0 bridgehead atoms. The minimum absolute atomic E-state index is 0. The zero-order chi connectivity index (χ0) is 24.2. The molecule has 0 atom stereocenters. The van der Waals surface area contributed by atoms with Gasteiger partial charge in [0.05, 0.1) is 0 Å². The number of hydrogen-bond donors (Lipinski definition) is 1. The second-order valence-electron chi connectivity index (χ2n) is 11.3. The van der Waals surface area contributed by atoms with E-state index in [1.165, 1.54) is 0 Å². The second-order valence-corrected chi connectivity index (χ2v) is 12.7. The van der Waals surface area contributed by atoms with Gasteiger partial charge >= 0.3 is 0 Å². The quantitative estimate of drug-likeness (QED) is 0.260. The van der Waals surface area contributed by atoms with Gasteiger partial charge in [-0.25, -0.2) is 0 Å². The molecule has 0 aromatic heterocycles. The van der Waals surface area contributed by atoms with Crippen LogP contribution in [0.2, 0.25) is 0 Å². The molecule has 5 heteroatoms. The zero-order valence-electron chi connectivity index (χ0n) is 22.4. The number of benzene rings is 2. The van der Waals surface area contributed by atoms with E-state index in [4.69, 9.17) is 0 Å². The predicted molar refractivity (Wildman–Crippen MR) is 143 cm³/mol. The summed E-state index contributed by atoms with van der Waals surface area (Å²) in [6.45, 7) is 17.7. The Balaban J connectivity index is 0.00000544. The van der Waals surface area contributed by atoms with Crippen LogP contribution in [0.25, 0.3) is 10.8 Å². The Morgan fingerprint density at radius 3 is 1.58 bits per heavy atom. The molecular weight excluding hydrogens is 439 g/mol. The molecule has 0 heterocycles. The average molecular weight is 484 g/mol. The first kappa shape index (κ1) is 30.6. The molecule has 0 aliphatic rings. The number of fused-ring (bicyclic) bond motifs is 1. The molecule has 0 spiro atoms. The molecule has 33 heavy (non-hydrogen) atoms. The first-order chi connectivity index (χ1) is 14.8. The molecule has 0 unspecified atom stereocenters. The van der Waals surface area contributed by atoms with E-state index in [1.807, 2.05) is 24.3 Å². The van der Waals surface area contributed by atoms with Gasteiger partial charge in [-0.2, -0.15) is 8.42 Å². The molecular formula is C28H44NaO3S. The van der Waals surface area contributed by atoms with Crippen molar-refractivity contribution in [3.05, 3.63) is 41.5 Å². The maximum atomic E-state index is 12.9. The van der Waals surface area contributed by atoms with Crippen molar-refractivity contribution in [2.45, 2.75) is 97.8 Å². The SMILES string of the molecule is CC(C)CC(CC(C)C)c1cc2ccccc2c(S(=O)(=O)O)c1C(CC(C)C)CC(C)C.[Na]. The fourth-order valence-electron chi connectivity index (χ4n) is 5.35. The maximum absolute atomic E-state index is 12.9. The van der Waals surface area contributed by atoms with Gasteiger partial charge in [0, 0.05) is 34.9 Å². The molecule has 2 rings (SSSR count). The summed E-state index contributed by atoms with van der Waals surface area (Å²) in [6.07, 6.45) is 3.82. The Labute approximate surface area is 225 Å². The summed E-state index contributed by atoms with van der Waals surface area (Å²) in [4.78, 5) is 0.148. The van der Waals surface area contributed by atoms with Crippen molar-refractivity contribution in [3.8, 4) is 0 Å². The van der Waals surface area contributed by atoms with E-state index < -0.39 is 10.1 Å². The molecule has 181 valence electrons. The van der Waals surface area contributed by atoms with E-state index in [0.29, 0.717) is 29.1 Å². The van der Waals surface area contributed by atoms with Gasteiger partial charge in [-0.3, -0.25) is 4.55 Å². The Bertz CT molecular complexity index is 974. The van der Waals surface area contributed by atoms with Gasteiger partial charge in [-0.15, -0.1) is 0 Å². The molecule has 3 nitrogen and oxygen atoms in total. The van der Waals surface area contributed by atoms with E-state index in [2.05, 4.69) is 61.5 Å². The monoisotopic (exact) mass is 483 g/mol. The van der Waals surface area contributed by atoms with Crippen LogP contribution in [0.4, 0.5) is 0 Å². The molecule has 0 saturated heterocycles. The molecule has 1 radical (unpaired) electrons. The molecule has 1 N–H and O–H groups in total. The van der Waals surface area contributed by atoms with Crippen molar-refractivity contribution in [1.82, 2.24) is 0 Å². The first-order valence-electron chi connectivity index (χ1n) is 12.3. The first-order valence-corrected chi connectivity index (χ1v) is 13.8. The third-order valence-electron chi connectivity index (χ3n) is 6.20. The minimum atomic E-state index is -4.39. The van der Waals surface area contributed by atoms with Gasteiger partial charge in [0.2, 0.25) is 0 Å². The van der Waals surface area contributed by atoms with E-state index in [-0.39, 0.29) is 46.3 Å². The normalized spacial score (nSPS) is 12.7. The maximum Gasteiger partial charge on any atom is 0.295 e. The standard InChI is InChI=1S/C28H44O3S.Na/c1-18(2)13-23(14-19(3)4)26-17-22-11-9-10-12-25(22)28(32(29,30)31)27(26)24(15-20(5)6)16-21(7)8;/h9-12,17-21,23-24H,13-16H2,1-8H3,(H,29,30,31);. The van der Waals surface area contributed by atoms with Crippen molar-refractivity contribution < 1.29 is 13.0 Å². The van der Waals surface area contributed by atoms with Crippen LogP contribution < -0.4 is 0 Å². The van der Waals surface area contributed by atoms with Crippen LogP contribution in [0.1, 0.15) is 104 Å². The topological polar surface area (TPSA) is 54.4 Å². The van der Waals surface area contributed by atoms with E-state index in [9.17, 15) is 13.0 Å². The summed E-state index contributed by atoms with van der Waals surface area (Å²) in [7, 11) is -4.39. The Morgan fingerprint density at radius 1 is 0.727 bits per heavy atom. The van der Waals surface area contributed by atoms with Crippen LogP contribution >= 0.6 is 0 Å².